The number of piperidine rings is 1. The molecule has 0 radical (unpaired) electrons. The fourth-order valence-corrected chi connectivity index (χ4v) is 2.08. The molecule has 1 aliphatic heterocycles. The molecule has 13 heavy (non-hydrogen) atoms. The van der Waals surface area contributed by atoms with Gasteiger partial charge in [0.2, 0.25) is 0 Å². The first-order valence-corrected chi connectivity index (χ1v) is 5.44. The summed E-state index contributed by atoms with van der Waals surface area (Å²) in [6.07, 6.45) is 4.48. The molecule has 2 heterocycles. The summed E-state index contributed by atoms with van der Waals surface area (Å²) in [7, 11) is 2.18. The van der Waals surface area contributed by atoms with Gasteiger partial charge in [-0.2, -0.15) is 5.10 Å². The summed E-state index contributed by atoms with van der Waals surface area (Å²) in [5, 5.41) is 4.37. The van der Waals surface area contributed by atoms with Crippen LogP contribution in [-0.2, 0) is 0 Å². The number of aromatic nitrogens is 2. The van der Waals surface area contributed by atoms with Crippen molar-refractivity contribution in [3.05, 3.63) is 16.9 Å². The highest BCUT2D eigenvalue weighted by Gasteiger charge is 2.18. The summed E-state index contributed by atoms with van der Waals surface area (Å²) in [5.74, 6) is 0. The lowest BCUT2D eigenvalue weighted by Gasteiger charge is -2.28. The largest absolute Gasteiger partial charge is 0.306 e. The molecule has 0 unspecified atom stereocenters. The van der Waals surface area contributed by atoms with Crippen LogP contribution in [-0.4, -0.2) is 34.8 Å². The SMILES string of the molecule is CN1CCC(n2ccc(Br)n2)CC1. The molecular formula is C9H14BrN3. The Hall–Kier alpha value is -0.350. The van der Waals surface area contributed by atoms with Crippen LogP contribution in [0.4, 0.5) is 0 Å². The number of hydrogen-bond donors (Lipinski definition) is 0. The van der Waals surface area contributed by atoms with Crippen molar-refractivity contribution in [3.63, 3.8) is 0 Å². The van der Waals surface area contributed by atoms with E-state index < -0.39 is 0 Å². The average Bonchev–Trinajstić information content (AvgIpc) is 2.53. The van der Waals surface area contributed by atoms with Gasteiger partial charge in [-0.25, -0.2) is 0 Å². The van der Waals surface area contributed by atoms with Gasteiger partial charge in [0, 0.05) is 6.20 Å². The molecule has 1 fully saturated rings. The van der Waals surface area contributed by atoms with E-state index in [2.05, 4.69) is 43.9 Å². The van der Waals surface area contributed by atoms with Crippen LogP contribution in [0.3, 0.4) is 0 Å². The molecule has 0 N–H and O–H groups in total. The van der Waals surface area contributed by atoms with Gasteiger partial charge in [-0.1, -0.05) is 0 Å². The fraction of sp³-hybridized carbons (Fsp3) is 0.667. The molecule has 4 heteroatoms. The third-order valence-electron chi connectivity index (χ3n) is 2.64. The minimum atomic E-state index is 0.600. The molecular weight excluding hydrogens is 230 g/mol. The van der Waals surface area contributed by atoms with E-state index in [1.165, 1.54) is 25.9 Å². The molecule has 1 saturated heterocycles. The zero-order valence-corrected chi connectivity index (χ0v) is 9.37. The second kappa shape index (κ2) is 3.80. The lowest BCUT2D eigenvalue weighted by molar-refractivity contribution is 0.212. The molecule has 0 bridgehead atoms. The van der Waals surface area contributed by atoms with Crippen LogP contribution in [0.2, 0.25) is 0 Å². The van der Waals surface area contributed by atoms with Gasteiger partial charge in [-0.15, -0.1) is 0 Å². The lowest BCUT2D eigenvalue weighted by atomic mass is 10.1. The Morgan fingerprint density at radius 3 is 2.69 bits per heavy atom. The Balaban J connectivity index is 2.02. The monoisotopic (exact) mass is 243 g/mol. The molecule has 1 aliphatic rings. The molecule has 0 amide bonds. The molecule has 0 spiro atoms. The van der Waals surface area contributed by atoms with Crippen molar-refractivity contribution in [2.24, 2.45) is 0 Å². The molecule has 3 nitrogen and oxygen atoms in total. The third kappa shape index (κ3) is 2.11. The van der Waals surface area contributed by atoms with Gasteiger partial charge in [-0.05, 0) is 55.0 Å². The van der Waals surface area contributed by atoms with Crippen molar-refractivity contribution in [2.45, 2.75) is 18.9 Å². The number of likely N-dealkylation sites (tertiary alicyclic amines) is 1. The van der Waals surface area contributed by atoms with Crippen molar-refractivity contribution in [3.8, 4) is 0 Å². The number of halogens is 1. The van der Waals surface area contributed by atoms with Crippen LogP contribution >= 0.6 is 15.9 Å². The van der Waals surface area contributed by atoms with Crippen LogP contribution in [0.15, 0.2) is 16.9 Å². The smallest absolute Gasteiger partial charge is 0.128 e. The molecule has 1 aromatic heterocycles. The van der Waals surface area contributed by atoms with Crippen molar-refractivity contribution in [2.75, 3.05) is 20.1 Å². The summed E-state index contributed by atoms with van der Waals surface area (Å²) in [6.45, 7) is 2.37. The molecule has 0 aliphatic carbocycles. The summed E-state index contributed by atoms with van der Waals surface area (Å²) in [4.78, 5) is 2.37. The van der Waals surface area contributed by atoms with Gasteiger partial charge in [0.05, 0.1) is 6.04 Å². The summed E-state index contributed by atoms with van der Waals surface area (Å²) < 4.78 is 3.02. The maximum absolute atomic E-state index is 4.37. The first-order chi connectivity index (χ1) is 6.25. The quantitative estimate of drug-likeness (QED) is 0.752. The van der Waals surface area contributed by atoms with Gasteiger partial charge in [-0.3, -0.25) is 4.68 Å². The van der Waals surface area contributed by atoms with Gasteiger partial charge < -0.3 is 4.90 Å². The highest BCUT2D eigenvalue weighted by molar-refractivity contribution is 9.10. The predicted octanol–water partition coefficient (Wildman–Crippen LogP) is 1.91. The molecule has 0 saturated carbocycles. The molecule has 72 valence electrons. The normalized spacial score (nSPS) is 20.8. The van der Waals surface area contributed by atoms with Crippen LogP contribution in [0, 0.1) is 0 Å². The second-order valence-electron chi connectivity index (χ2n) is 3.65. The van der Waals surface area contributed by atoms with Gasteiger partial charge in [0.25, 0.3) is 0 Å². The van der Waals surface area contributed by atoms with E-state index in [0.29, 0.717) is 6.04 Å². The van der Waals surface area contributed by atoms with E-state index in [9.17, 15) is 0 Å². The molecule has 0 atom stereocenters. The van der Waals surface area contributed by atoms with Gasteiger partial charge in [0.15, 0.2) is 0 Å². The van der Waals surface area contributed by atoms with E-state index in [1.807, 2.05) is 6.07 Å². The third-order valence-corrected chi connectivity index (χ3v) is 3.06. The summed E-state index contributed by atoms with van der Waals surface area (Å²) >= 11 is 3.37. The van der Waals surface area contributed by atoms with E-state index in [4.69, 9.17) is 0 Å². The zero-order valence-electron chi connectivity index (χ0n) is 7.78. The zero-order chi connectivity index (χ0) is 9.26. The Bertz CT molecular complexity index is 276. The minimum absolute atomic E-state index is 0.600. The van der Waals surface area contributed by atoms with E-state index >= 15 is 0 Å². The van der Waals surface area contributed by atoms with Gasteiger partial charge >= 0.3 is 0 Å². The highest BCUT2D eigenvalue weighted by Crippen LogP contribution is 2.21. The summed E-state index contributed by atoms with van der Waals surface area (Å²) in [6, 6.07) is 2.60. The Morgan fingerprint density at radius 1 is 1.46 bits per heavy atom. The van der Waals surface area contributed by atoms with Crippen molar-refractivity contribution in [1.29, 1.82) is 0 Å². The van der Waals surface area contributed by atoms with Crippen LogP contribution in [0.1, 0.15) is 18.9 Å². The minimum Gasteiger partial charge on any atom is -0.306 e. The van der Waals surface area contributed by atoms with Crippen LogP contribution in [0.5, 0.6) is 0 Å². The first kappa shape index (κ1) is 9.21. The van der Waals surface area contributed by atoms with E-state index in [1.54, 1.807) is 0 Å². The Kier molecular flexibility index (Phi) is 2.69. The Morgan fingerprint density at radius 2 is 2.15 bits per heavy atom. The standard InChI is InChI=1S/C9H14BrN3/c1-12-5-2-8(3-6-12)13-7-4-9(10)11-13/h4,7-8H,2-3,5-6H2,1H3. The second-order valence-corrected chi connectivity index (χ2v) is 4.47. The first-order valence-electron chi connectivity index (χ1n) is 4.65. The Labute approximate surface area is 86.8 Å². The van der Waals surface area contributed by atoms with Crippen molar-refractivity contribution >= 4 is 15.9 Å². The fourth-order valence-electron chi connectivity index (χ4n) is 1.78. The van der Waals surface area contributed by atoms with Crippen molar-refractivity contribution in [1.82, 2.24) is 14.7 Å². The van der Waals surface area contributed by atoms with E-state index in [0.717, 1.165) is 4.60 Å². The lowest BCUT2D eigenvalue weighted by Crippen LogP contribution is -2.31. The topological polar surface area (TPSA) is 21.1 Å². The maximum atomic E-state index is 4.37. The van der Waals surface area contributed by atoms with E-state index in [-0.39, 0.29) is 0 Å². The van der Waals surface area contributed by atoms with Gasteiger partial charge in [0.1, 0.15) is 4.60 Å². The molecule has 2 rings (SSSR count). The number of nitrogens with zero attached hydrogens (tertiary/aromatic N) is 3. The predicted molar refractivity (Wildman–Crippen MR) is 55.7 cm³/mol. The number of hydrogen-bond acceptors (Lipinski definition) is 2. The molecule has 0 aromatic carbocycles. The molecule has 1 aromatic rings. The van der Waals surface area contributed by atoms with Crippen molar-refractivity contribution < 1.29 is 0 Å². The number of rotatable bonds is 1. The van der Waals surface area contributed by atoms with Crippen LogP contribution < -0.4 is 0 Å². The average molecular weight is 244 g/mol. The summed E-state index contributed by atoms with van der Waals surface area (Å²) in [5.41, 5.74) is 0. The van der Waals surface area contributed by atoms with Crippen LogP contribution in [0.25, 0.3) is 0 Å². The highest BCUT2D eigenvalue weighted by atomic mass is 79.9. The maximum Gasteiger partial charge on any atom is 0.128 e.